The molecule has 0 spiro atoms. The summed E-state index contributed by atoms with van der Waals surface area (Å²) >= 11 is 0. The Morgan fingerprint density at radius 2 is 1.76 bits per heavy atom. The number of ketones is 1. The molecular formula is C20H20N2O3. The molecule has 2 saturated carbocycles. The van der Waals surface area contributed by atoms with Crippen molar-refractivity contribution in [3.05, 3.63) is 42.0 Å². The number of nitrogens with zero attached hydrogens (tertiary/aromatic N) is 1. The minimum atomic E-state index is -0.156. The topological polar surface area (TPSA) is 66.5 Å². The number of rotatable bonds is 4. The number of amides is 2. The highest BCUT2D eigenvalue weighted by atomic mass is 16.2. The Morgan fingerprint density at radius 1 is 1.12 bits per heavy atom. The molecule has 5 nitrogen and oxygen atoms in total. The van der Waals surface area contributed by atoms with Crippen molar-refractivity contribution in [3.8, 4) is 0 Å². The lowest BCUT2D eigenvalue weighted by molar-refractivity contribution is -0.139. The van der Waals surface area contributed by atoms with Gasteiger partial charge in [0, 0.05) is 11.3 Å². The molecular weight excluding hydrogens is 316 g/mol. The molecule has 6 atom stereocenters. The SMILES string of the molecule is CC(=O)c1cccc(NCN2C(=O)[C@@H]3[C@H]4C=C[C@@H]([C@@H]5C[C@H]45)[C@@H]3C2=O)c1. The van der Waals surface area contributed by atoms with E-state index in [1.165, 1.54) is 18.2 Å². The van der Waals surface area contributed by atoms with E-state index in [0.717, 1.165) is 5.69 Å². The standard InChI is InChI=1S/C20H20N2O3/c1-10(23)11-3-2-4-12(7-11)21-9-22-19(24)17-13-5-6-14(16-8-15(13)16)18(17)20(22)25/h2-7,13-18,21H,8-9H2,1H3/t13-,14-,15-,16+,17-,18+/m0/s1. The van der Waals surface area contributed by atoms with Crippen molar-refractivity contribution in [2.24, 2.45) is 35.5 Å². The van der Waals surface area contributed by atoms with E-state index in [-0.39, 0.29) is 47.9 Å². The van der Waals surface area contributed by atoms with E-state index in [1.807, 2.05) is 6.07 Å². The zero-order valence-electron chi connectivity index (χ0n) is 14.0. The molecule has 1 N–H and O–H groups in total. The second-order valence-corrected chi connectivity index (χ2v) is 7.73. The summed E-state index contributed by atoms with van der Waals surface area (Å²) in [5.41, 5.74) is 1.35. The average molecular weight is 336 g/mol. The van der Waals surface area contributed by atoms with Gasteiger partial charge < -0.3 is 5.32 Å². The second kappa shape index (κ2) is 5.04. The van der Waals surface area contributed by atoms with Crippen molar-refractivity contribution in [3.63, 3.8) is 0 Å². The molecule has 2 bridgehead atoms. The first-order valence-electron chi connectivity index (χ1n) is 8.94. The van der Waals surface area contributed by atoms with Crippen molar-refractivity contribution in [2.45, 2.75) is 13.3 Å². The summed E-state index contributed by atoms with van der Waals surface area (Å²) in [5.74, 6) is 1.36. The predicted octanol–water partition coefficient (Wildman–Crippen LogP) is 2.31. The van der Waals surface area contributed by atoms with Gasteiger partial charge >= 0.3 is 0 Å². The second-order valence-electron chi connectivity index (χ2n) is 7.73. The molecule has 0 aromatic heterocycles. The van der Waals surface area contributed by atoms with Gasteiger partial charge in [0.25, 0.3) is 0 Å². The molecule has 25 heavy (non-hydrogen) atoms. The molecule has 4 aliphatic carbocycles. The normalized spacial score (nSPS) is 37.1. The lowest BCUT2D eigenvalue weighted by atomic mass is 9.63. The number of hydrogen-bond acceptors (Lipinski definition) is 4. The monoisotopic (exact) mass is 336 g/mol. The van der Waals surface area contributed by atoms with Crippen LogP contribution >= 0.6 is 0 Å². The van der Waals surface area contributed by atoms with Crippen molar-refractivity contribution in [1.29, 1.82) is 0 Å². The molecule has 1 aliphatic heterocycles. The Morgan fingerprint density at radius 3 is 2.36 bits per heavy atom. The van der Waals surface area contributed by atoms with Crippen LogP contribution in [0.2, 0.25) is 0 Å². The van der Waals surface area contributed by atoms with Crippen LogP contribution in [0.1, 0.15) is 23.7 Å². The number of carbonyl (C=O) groups excluding carboxylic acids is 3. The van der Waals surface area contributed by atoms with Gasteiger partial charge in [0.2, 0.25) is 11.8 Å². The zero-order valence-corrected chi connectivity index (χ0v) is 14.0. The molecule has 6 rings (SSSR count). The molecule has 1 heterocycles. The van der Waals surface area contributed by atoms with Crippen LogP contribution in [0.4, 0.5) is 5.69 Å². The molecule has 0 unspecified atom stereocenters. The average Bonchev–Trinajstić information content (AvgIpc) is 3.39. The highest BCUT2D eigenvalue weighted by molar-refractivity contribution is 6.06. The Bertz CT molecular complexity index is 794. The molecule has 1 saturated heterocycles. The van der Waals surface area contributed by atoms with Gasteiger partial charge in [0.15, 0.2) is 5.78 Å². The van der Waals surface area contributed by atoms with E-state index in [4.69, 9.17) is 0 Å². The lowest BCUT2D eigenvalue weighted by Crippen LogP contribution is -2.40. The van der Waals surface area contributed by atoms with Gasteiger partial charge in [0.05, 0.1) is 18.5 Å². The van der Waals surface area contributed by atoms with Crippen molar-refractivity contribution >= 4 is 23.3 Å². The first-order chi connectivity index (χ1) is 12.1. The summed E-state index contributed by atoms with van der Waals surface area (Å²) < 4.78 is 0. The van der Waals surface area contributed by atoms with Crippen molar-refractivity contribution < 1.29 is 14.4 Å². The van der Waals surface area contributed by atoms with Crippen LogP contribution < -0.4 is 5.32 Å². The van der Waals surface area contributed by atoms with E-state index < -0.39 is 0 Å². The maximum atomic E-state index is 12.9. The maximum absolute atomic E-state index is 12.9. The fourth-order valence-electron chi connectivity index (χ4n) is 5.19. The first-order valence-corrected chi connectivity index (χ1v) is 8.94. The number of Topliss-reactive ketones (excluding diaryl/α,β-unsaturated/α-hetero) is 1. The summed E-state index contributed by atoms with van der Waals surface area (Å²) in [5, 5.41) is 3.14. The number of hydrogen-bond donors (Lipinski definition) is 1. The van der Waals surface area contributed by atoms with E-state index in [1.54, 1.807) is 18.2 Å². The summed E-state index contributed by atoms with van der Waals surface area (Å²) in [6.45, 7) is 1.69. The molecule has 1 aromatic carbocycles. The molecule has 5 aliphatic rings. The van der Waals surface area contributed by atoms with Crippen LogP contribution in [-0.4, -0.2) is 29.2 Å². The van der Waals surface area contributed by atoms with E-state index in [9.17, 15) is 14.4 Å². The smallest absolute Gasteiger partial charge is 0.235 e. The van der Waals surface area contributed by atoms with Crippen LogP contribution in [0.15, 0.2) is 36.4 Å². The van der Waals surface area contributed by atoms with E-state index in [2.05, 4.69) is 17.5 Å². The summed E-state index contributed by atoms with van der Waals surface area (Å²) in [7, 11) is 0. The molecule has 2 amide bonds. The van der Waals surface area contributed by atoms with Crippen LogP contribution in [0.5, 0.6) is 0 Å². The minimum Gasteiger partial charge on any atom is -0.367 e. The van der Waals surface area contributed by atoms with Gasteiger partial charge in [-0.25, -0.2) is 0 Å². The van der Waals surface area contributed by atoms with Crippen molar-refractivity contribution in [1.82, 2.24) is 4.90 Å². The number of nitrogens with one attached hydrogen (secondary N) is 1. The first kappa shape index (κ1) is 14.9. The highest BCUT2D eigenvalue weighted by Gasteiger charge is 2.66. The van der Waals surface area contributed by atoms with Gasteiger partial charge in [-0.1, -0.05) is 24.3 Å². The Balaban J connectivity index is 1.34. The van der Waals surface area contributed by atoms with Crippen LogP contribution in [0, 0.1) is 35.5 Å². The third-order valence-corrected chi connectivity index (χ3v) is 6.46. The number of carbonyl (C=O) groups is 3. The van der Waals surface area contributed by atoms with Gasteiger partial charge in [-0.05, 0) is 49.1 Å². The Labute approximate surface area is 146 Å². The number of allylic oxidation sites excluding steroid dienone is 2. The lowest BCUT2D eigenvalue weighted by Gasteiger charge is -2.37. The van der Waals surface area contributed by atoms with Gasteiger partial charge in [-0.15, -0.1) is 0 Å². The van der Waals surface area contributed by atoms with E-state index in [0.29, 0.717) is 17.4 Å². The number of benzene rings is 1. The predicted molar refractivity (Wildman–Crippen MR) is 91.5 cm³/mol. The largest absolute Gasteiger partial charge is 0.367 e. The maximum Gasteiger partial charge on any atom is 0.235 e. The number of anilines is 1. The van der Waals surface area contributed by atoms with Gasteiger partial charge in [-0.3, -0.25) is 19.3 Å². The quantitative estimate of drug-likeness (QED) is 0.520. The fraction of sp³-hybridized carbons (Fsp3) is 0.450. The third-order valence-electron chi connectivity index (χ3n) is 6.46. The summed E-state index contributed by atoms with van der Waals surface area (Å²) in [6, 6.07) is 7.14. The van der Waals surface area contributed by atoms with Gasteiger partial charge in [-0.2, -0.15) is 0 Å². The van der Waals surface area contributed by atoms with Crippen LogP contribution in [0.3, 0.4) is 0 Å². The van der Waals surface area contributed by atoms with Gasteiger partial charge in [0.1, 0.15) is 0 Å². The molecule has 1 aromatic rings. The molecule has 5 heteroatoms. The highest BCUT2D eigenvalue weighted by Crippen LogP contribution is 2.65. The van der Waals surface area contributed by atoms with E-state index >= 15 is 0 Å². The minimum absolute atomic E-state index is 0.00938. The molecule has 0 radical (unpaired) electrons. The Hall–Kier alpha value is -2.43. The third kappa shape index (κ3) is 2.04. The van der Waals surface area contributed by atoms with Crippen LogP contribution in [-0.2, 0) is 9.59 Å². The fourth-order valence-corrected chi connectivity index (χ4v) is 5.19. The number of likely N-dealkylation sites (tertiary alicyclic amines) is 1. The van der Waals surface area contributed by atoms with Crippen LogP contribution in [0.25, 0.3) is 0 Å². The molecule has 128 valence electrons. The summed E-state index contributed by atoms with van der Waals surface area (Å²) in [4.78, 5) is 38.6. The zero-order chi connectivity index (χ0) is 17.3. The number of imide groups is 1. The molecule has 3 fully saturated rings. The summed E-state index contributed by atoms with van der Waals surface area (Å²) in [6.07, 6.45) is 5.53. The Kier molecular flexibility index (Phi) is 3.00. The van der Waals surface area contributed by atoms with Crippen molar-refractivity contribution in [2.75, 3.05) is 12.0 Å².